The molecule has 2 aromatic rings. The molecule has 1 aliphatic heterocycles. The molecule has 7 heteroatoms. The van der Waals surface area contributed by atoms with Crippen LogP contribution in [0.4, 0.5) is 10.5 Å². The van der Waals surface area contributed by atoms with E-state index in [-0.39, 0.29) is 6.03 Å². The number of anilines is 1. The summed E-state index contributed by atoms with van der Waals surface area (Å²) >= 11 is 0. The Morgan fingerprint density at radius 3 is 2.40 bits per heavy atom. The molecule has 1 aliphatic rings. The lowest BCUT2D eigenvalue weighted by Crippen LogP contribution is -2.39. The van der Waals surface area contributed by atoms with Crippen LogP contribution in [-0.2, 0) is 11.3 Å². The van der Waals surface area contributed by atoms with Crippen LogP contribution < -0.4 is 15.4 Å². The highest BCUT2D eigenvalue weighted by molar-refractivity contribution is 6.00. The maximum Gasteiger partial charge on any atom is 0.339 e. The van der Waals surface area contributed by atoms with Gasteiger partial charge in [0.1, 0.15) is 5.75 Å². The molecule has 0 unspecified atom stereocenters. The van der Waals surface area contributed by atoms with E-state index in [1.807, 2.05) is 12.1 Å². The summed E-state index contributed by atoms with van der Waals surface area (Å²) in [6.07, 6.45) is 2.07. The van der Waals surface area contributed by atoms with Crippen molar-refractivity contribution in [3.05, 3.63) is 59.7 Å². The van der Waals surface area contributed by atoms with Gasteiger partial charge in [0, 0.05) is 13.1 Å². The van der Waals surface area contributed by atoms with Gasteiger partial charge in [-0.1, -0.05) is 24.3 Å². The summed E-state index contributed by atoms with van der Waals surface area (Å²) in [6, 6.07) is 14.7. The summed E-state index contributed by atoms with van der Waals surface area (Å²) in [7, 11) is 2.99. The molecule has 2 N–H and O–H groups in total. The van der Waals surface area contributed by atoms with E-state index in [2.05, 4.69) is 27.7 Å². The lowest BCUT2D eigenvalue weighted by molar-refractivity contribution is 0.0602. The number of amides is 2. The number of nitrogens with one attached hydrogen (secondary N) is 2. The van der Waals surface area contributed by atoms with Gasteiger partial charge in [-0.3, -0.25) is 4.90 Å². The van der Waals surface area contributed by atoms with E-state index in [0.717, 1.165) is 38.2 Å². The van der Waals surface area contributed by atoms with E-state index in [0.29, 0.717) is 23.7 Å². The van der Waals surface area contributed by atoms with E-state index in [9.17, 15) is 9.59 Å². The smallest absolute Gasteiger partial charge is 0.339 e. The van der Waals surface area contributed by atoms with Gasteiger partial charge in [0.25, 0.3) is 0 Å². The fourth-order valence-corrected chi connectivity index (χ4v) is 3.62. The van der Waals surface area contributed by atoms with Crippen LogP contribution >= 0.6 is 0 Å². The van der Waals surface area contributed by atoms with Crippen molar-refractivity contribution in [2.75, 3.05) is 39.2 Å². The van der Waals surface area contributed by atoms with Crippen molar-refractivity contribution in [1.82, 2.24) is 10.2 Å². The number of para-hydroxylation sites is 1. The number of ether oxygens (including phenoxy) is 2. The summed E-state index contributed by atoms with van der Waals surface area (Å²) < 4.78 is 9.96. The molecule has 1 saturated heterocycles. The minimum absolute atomic E-state index is 0.313. The molecule has 7 nitrogen and oxygen atoms in total. The summed E-state index contributed by atoms with van der Waals surface area (Å²) in [5.41, 5.74) is 2.05. The van der Waals surface area contributed by atoms with E-state index in [4.69, 9.17) is 9.47 Å². The first-order valence-electron chi connectivity index (χ1n) is 10.2. The van der Waals surface area contributed by atoms with Crippen LogP contribution in [0.2, 0.25) is 0 Å². The number of carbonyl (C=O) groups excluding carboxylic acids is 2. The van der Waals surface area contributed by atoms with Crippen LogP contribution in [0.25, 0.3) is 0 Å². The number of nitrogens with zero attached hydrogens (tertiary/aromatic N) is 1. The number of piperidine rings is 1. The van der Waals surface area contributed by atoms with Gasteiger partial charge in [0.2, 0.25) is 0 Å². The van der Waals surface area contributed by atoms with Gasteiger partial charge in [-0.15, -0.1) is 0 Å². The number of carbonyl (C=O) groups is 2. The molecule has 30 heavy (non-hydrogen) atoms. The first kappa shape index (κ1) is 21.6. The Hall–Kier alpha value is -3.06. The normalized spacial score (nSPS) is 14.7. The topological polar surface area (TPSA) is 79.9 Å². The van der Waals surface area contributed by atoms with Crippen LogP contribution in [0.15, 0.2) is 48.5 Å². The van der Waals surface area contributed by atoms with Crippen LogP contribution in [0, 0.1) is 5.92 Å². The molecular weight excluding hydrogens is 382 g/mol. The molecule has 0 atom stereocenters. The Morgan fingerprint density at radius 1 is 1.03 bits per heavy atom. The van der Waals surface area contributed by atoms with Crippen LogP contribution in [0.5, 0.6) is 5.75 Å². The van der Waals surface area contributed by atoms with Crippen LogP contribution in [0.1, 0.15) is 28.8 Å². The predicted molar refractivity (Wildman–Crippen MR) is 116 cm³/mol. The van der Waals surface area contributed by atoms with Gasteiger partial charge < -0.3 is 20.1 Å². The molecule has 1 fully saturated rings. The highest BCUT2D eigenvalue weighted by Gasteiger charge is 2.20. The number of benzene rings is 2. The standard InChI is InChI=1S/C23H29N3O4/c1-29-19-9-7-18(8-10-19)16-26-13-11-17(12-14-26)15-24-23(28)25-21-6-4-3-5-20(21)22(27)30-2/h3-10,17H,11-16H2,1-2H3,(H2,24,25,28). The second-order valence-corrected chi connectivity index (χ2v) is 7.44. The number of rotatable bonds is 7. The number of hydrogen-bond donors (Lipinski definition) is 2. The third-order valence-electron chi connectivity index (χ3n) is 5.40. The molecule has 0 spiro atoms. The summed E-state index contributed by atoms with van der Waals surface area (Å²) in [5, 5.41) is 5.67. The molecule has 1 heterocycles. The number of methoxy groups -OCH3 is 2. The largest absolute Gasteiger partial charge is 0.497 e. The molecular formula is C23H29N3O4. The first-order chi connectivity index (χ1) is 14.6. The Labute approximate surface area is 177 Å². The third kappa shape index (κ3) is 5.97. The Bertz CT molecular complexity index is 846. The quantitative estimate of drug-likeness (QED) is 0.682. The second kappa shape index (κ2) is 10.6. The molecule has 160 valence electrons. The van der Waals surface area contributed by atoms with Crippen molar-refractivity contribution < 1.29 is 19.1 Å². The van der Waals surface area contributed by atoms with E-state index in [1.54, 1.807) is 31.4 Å². The minimum Gasteiger partial charge on any atom is -0.497 e. The number of esters is 1. The molecule has 3 rings (SSSR count). The molecule has 0 aromatic heterocycles. The summed E-state index contributed by atoms with van der Waals surface area (Å²) in [4.78, 5) is 26.5. The van der Waals surface area contributed by atoms with Gasteiger partial charge in [0.05, 0.1) is 25.5 Å². The highest BCUT2D eigenvalue weighted by atomic mass is 16.5. The number of likely N-dealkylation sites (tertiary alicyclic amines) is 1. The fraction of sp³-hybridized carbons (Fsp3) is 0.391. The van der Waals surface area contributed by atoms with Crippen molar-refractivity contribution in [3.8, 4) is 5.75 Å². The molecule has 2 amide bonds. The zero-order valence-electron chi connectivity index (χ0n) is 17.5. The van der Waals surface area contributed by atoms with Crippen molar-refractivity contribution >= 4 is 17.7 Å². The maximum absolute atomic E-state index is 12.3. The van der Waals surface area contributed by atoms with Crippen LogP contribution in [-0.4, -0.2) is 50.8 Å². The molecule has 0 radical (unpaired) electrons. The van der Waals surface area contributed by atoms with Gasteiger partial charge in [-0.25, -0.2) is 9.59 Å². The second-order valence-electron chi connectivity index (χ2n) is 7.44. The van der Waals surface area contributed by atoms with Gasteiger partial charge in [-0.05, 0) is 61.7 Å². The van der Waals surface area contributed by atoms with Crippen molar-refractivity contribution in [1.29, 1.82) is 0 Å². The SMILES string of the molecule is COC(=O)c1ccccc1NC(=O)NCC1CCN(Cc2ccc(OC)cc2)CC1. The zero-order chi connectivity index (χ0) is 21.3. The van der Waals surface area contributed by atoms with Gasteiger partial charge in [-0.2, -0.15) is 0 Å². The molecule has 2 aromatic carbocycles. The first-order valence-corrected chi connectivity index (χ1v) is 10.2. The number of hydrogen-bond acceptors (Lipinski definition) is 5. The Morgan fingerprint density at radius 2 is 1.73 bits per heavy atom. The Balaban J connectivity index is 1.41. The monoisotopic (exact) mass is 411 g/mol. The van der Waals surface area contributed by atoms with E-state index in [1.165, 1.54) is 12.7 Å². The van der Waals surface area contributed by atoms with E-state index < -0.39 is 5.97 Å². The molecule has 0 bridgehead atoms. The summed E-state index contributed by atoms with van der Waals surface area (Å²) in [5.74, 6) is 0.838. The minimum atomic E-state index is -0.477. The summed E-state index contributed by atoms with van der Waals surface area (Å²) in [6.45, 7) is 3.55. The average Bonchev–Trinajstić information content (AvgIpc) is 2.79. The highest BCUT2D eigenvalue weighted by Crippen LogP contribution is 2.20. The maximum atomic E-state index is 12.3. The fourth-order valence-electron chi connectivity index (χ4n) is 3.62. The molecule has 0 aliphatic carbocycles. The van der Waals surface area contributed by atoms with Crippen molar-refractivity contribution in [3.63, 3.8) is 0 Å². The lowest BCUT2D eigenvalue weighted by atomic mass is 9.96. The van der Waals surface area contributed by atoms with Crippen LogP contribution in [0.3, 0.4) is 0 Å². The van der Waals surface area contributed by atoms with Crippen molar-refractivity contribution in [2.24, 2.45) is 5.92 Å². The van der Waals surface area contributed by atoms with Gasteiger partial charge in [0.15, 0.2) is 0 Å². The van der Waals surface area contributed by atoms with E-state index >= 15 is 0 Å². The van der Waals surface area contributed by atoms with Crippen molar-refractivity contribution in [2.45, 2.75) is 19.4 Å². The van der Waals surface area contributed by atoms with Gasteiger partial charge >= 0.3 is 12.0 Å². The number of urea groups is 1. The Kier molecular flexibility index (Phi) is 7.68. The average molecular weight is 412 g/mol. The lowest BCUT2D eigenvalue weighted by Gasteiger charge is -2.32. The zero-order valence-corrected chi connectivity index (χ0v) is 17.5. The predicted octanol–water partition coefficient (Wildman–Crippen LogP) is 3.52. The molecule has 0 saturated carbocycles. The third-order valence-corrected chi connectivity index (χ3v) is 5.40.